The molecule has 712 valence electrons. The number of anilines is 4. The normalized spacial score (nSPS) is 13.7. The van der Waals surface area contributed by atoms with Crippen molar-refractivity contribution in [3.63, 3.8) is 0 Å². The van der Waals surface area contributed by atoms with Crippen molar-refractivity contribution >= 4 is 90.6 Å². The summed E-state index contributed by atoms with van der Waals surface area (Å²) in [5.41, 5.74) is 8.86. The van der Waals surface area contributed by atoms with Crippen LogP contribution in [0.25, 0.3) is 91.1 Å². The van der Waals surface area contributed by atoms with E-state index in [1.807, 2.05) is 219 Å². The highest BCUT2D eigenvalue weighted by atomic mass is 79.9. The molecule has 0 N–H and O–H groups in total. The maximum absolute atomic E-state index is 13.8. The molecule has 0 saturated carbocycles. The maximum Gasteiger partial charge on any atom is 0.244 e. The molecule has 33 nitrogen and oxygen atoms in total. The Morgan fingerprint density at radius 1 is 0.336 bits per heavy atom. The van der Waals surface area contributed by atoms with Gasteiger partial charge in [0.25, 0.3) is 0 Å². The summed E-state index contributed by atoms with van der Waals surface area (Å²) < 4.78 is 46.7. The number of halogens is 5. The minimum atomic E-state index is -0.283. The van der Waals surface area contributed by atoms with Crippen LogP contribution in [0.1, 0.15) is 16.7 Å². The third kappa shape index (κ3) is 23.8. The molecule has 0 spiro atoms. The first-order valence-corrected chi connectivity index (χ1v) is 47.4. The Kier molecular flexibility index (Phi) is 31.1. The minimum absolute atomic E-state index is 0.0108. The topological polar surface area (TPSA) is 326 Å². The zero-order valence-electron chi connectivity index (χ0n) is 77.4. The Morgan fingerprint density at radius 3 is 1.02 bits per heavy atom. The van der Waals surface area contributed by atoms with Crippen LogP contribution in [0.3, 0.4) is 0 Å². The molecule has 0 bridgehead atoms. The Morgan fingerprint density at radius 2 is 0.671 bits per heavy atom. The van der Waals surface area contributed by atoms with Crippen LogP contribution in [-0.2, 0) is 45.4 Å². The van der Waals surface area contributed by atoms with E-state index >= 15 is 0 Å². The van der Waals surface area contributed by atoms with E-state index in [1.54, 1.807) is 108 Å². The molecule has 0 unspecified atom stereocenters. The second-order valence-electron chi connectivity index (χ2n) is 33.3. The van der Waals surface area contributed by atoms with E-state index in [9.17, 15) is 28.0 Å². The third-order valence-electron chi connectivity index (χ3n) is 24.0. The molecule has 8 aromatic carbocycles. The van der Waals surface area contributed by atoms with Gasteiger partial charge in [0, 0.05) is 185 Å². The number of carbonyl (C=O) groups is 4. The largest absolute Gasteiger partial charge is 0.497 e. The summed E-state index contributed by atoms with van der Waals surface area (Å²) in [4.78, 5) is 109. The first-order chi connectivity index (χ1) is 68.2. The maximum atomic E-state index is 13.8. The van der Waals surface area contributed by atoms with Gasteiger partial charge in [0.15, 0.2) is 52.4 Å². The lowest BCUT2D eigenvalue weighted by Gasteiger charge is -2.35. The SMILES string of the molecule is COc1ccc(-c2nc(-c3ccccc3)n(CC(=O)N3CCN(c4cc(OC)ccn4)CC3)n2)cc1.Cc1cc(-c2nc(-c3ccccc3)n(CC(=O)N3CCN(c4cccnn4)CC3)n2)ccc1F.Cc1cc(-c2nc(-c3ccccc3)n(CC(=O)N3CCN(c4ncc(Br)cn4)CC3)n2)ccc1Br.Cc1cc(-c2nc(-c3ccccc3)n(CC(=O)N3CCN(c4ncc(Cl)cn4)CC3)n2)ccc1F. The molecule has 20 rings (SSSR count). The van der Waals surface area contributed by atoms with Crippen LogP contribution in [0.4, 0.5) is 32.3 Å². The molecule has 0 atom stereocenters. The zero-order chi connectivity index (χ0) is 97.1. The molecule has 4 amide bonds. The van der Waals surface area contributed by atoms with Gasteiger partial charge in [-0.05, 0) is 150 Å². The third-order valence-corrected chi connectivity index (χ3v) is 25.5. The number of hydrogen-bond donors (Lipinski definition) is 0. The van der Waals surface area contributed by atoms with Gasteiger partial charge in [0.05, 0.1) is 36.1 Å². The number of aryl methyl sites for hydroxylation is 3. The number of benzene rings is 8. The van der Waals surface area contributed by atoms with Gasteiger partial charge in [-0.25, -0.2) is 72.4 Å². The van der Waals surface area contributed by atoms with Gasteiger partial charge in [-0.15, -0.1) is 25.5 Å². The molecule has 4 aliphatic rings. The van der Waals surface area contributed by atoms with E-state index in [2.05, 4.69) is 91.9 Å². The van der Waals surface area contributed by atoms with Gasteiger partial charge >= 0.3 is 0 Å². The fourth-order valence-corrected chi connectivity index (χ4v) is 16.8. The van der Waals surface area contributed by atoms with Crippen LogP contribution in [0.2, 0.25) is 5.02 Å². The summed E-state index contributed by atoms with van der Waals surface area (Å²) >= 11 is 12.8. The Hall–Kier alpha value is -15.5. The summed E-state index contributed by atoms with van der Waals surface area (Å²) in [6.07, 6.45) is 9.99. The second-order valence-corrected chi connectivity index (χ2v) is 35.5. The number of nitrogens with zero attached hydrogens (tertiary/aromatic N) is 27. The van der Waals surface area contributed by atoms with Gasteiger partial charge in [-0.3, -0.25) is 19.2 Å². The highest BCUT2D eigenvalue weighted by Crippen LogP contribution is 2.33. The van der Waals surface area contributed by atoms with Gasteiger partial charge in [0.1, 0.15) is 55.1 Å². The van der Waals surface area contributed by atoms with Crippen LogP contribution in [0, 0.1) is 32.4 Å². The van der Waals surface area contributed by atoms with Crippen LogP contribution in [-0.4, -0.2) is 256 Å². The predicted molar refractivity (Wildman–Crippen MR) is 537 cm³/mol. The number of hydrogen-bond acceptors (Lipinski definition) is 25. The summed E-state index contributed by atoms with van der Waals surface area (Å²) in [7, 11) is 3.28. The molecule has 0 aliphatic carbocycles. The summed E-state index contributed by atoms with van der Waals surface area (Å²) in [6.45, 7) is 15.9. The number of piperazine rings is 4. The first-order valence-electron chi connectivity index (χ1n) is 45.5. The molecule has 0 radical (unpaired) electrons. The lowest BCUT2D eigenvalue weighted by molar-refractivity contribution is -0.133. The van der Waals surface area contributed by atoms with Gasteiger partial charge < -0.3 is 48.7 Å². The molecular weight excluding hydrogens is 1930 g/mol. The Balaban J connectivity index is 0.000000129. The molecule has 140 heavy (non-hydrogen) atoms. The molecule has 12 heterocycles. The summed E-state index contributed by atoms with van der Waals surface area (Å²) in [5.74, 6) is 8.48. The highest BCUT2D eigenvalue weighted by Gasteiger charge is 2.31. The predicted octanol–water partition coefficient (Wildman–Crippen LogP) is 15.0. The Labute approximate surface area is 828 Å². The van der Waals surface area contributed by atoms with Gasteiger partial charge in [-0.2, -0.15) is 5.10 Å². The van der Waals surface area contributed by atoms with Crippen molar-refractivity contribution in [1.29, 1.82) is 0 Å². The lowest BCUT2D eigenvalue weighted by atomic mass is 10.1. The first kappa shape index (κ1) is 96.2. The van der Waals surface area contributed by atoms with Crippen molar-refractivity contribution in [2.24, 2.45) is 0 Å². The van der Waals surface area contributed by atoms with Crippen LogP contribution < -0.4 is 29.1 Å². The van der Waals surface area contributed by atoms with Crippen molar-refractivity contribution in [3.8, 4) is 103 Å². The quantitative estimate of drug-likeness (QED) is 0.0608. The molecular formula is C102H98Br2ClF2N27O6. The number of rotatable bonds is 22. The van der Waals surface area contributed by atoms with E-state index in [1.165, 1.54) is 12.1 Å². The van der Waals surface area contributed by atoms with E-state index in [-0.39, 0.29) is 61.4 Å². The second kappa shape index (κ2) is 45.2. The number of methoxy groups -OCH3 is 2. The average Bonchev–Trinajstić information content (AvgIpc) is 1.66. The van der Waals surface area contributed by atoms with E-state index in [0.717, 1.165) is 71.0 Å². The van der Waals surface area contributed by atoms with E-state index in [4.69, 9.17) is 51.2 Å². The van der Waals surface area contributed by atoms with Crippen LogP contribution >= 0.6 is 43.5 Å². The van der Waals surface area contributed by atoms with Crippen molar-refractivity contribution in [2.45, 2.75) is 47.0 Å². The molecule has 4 saturated heterocycles. The average molecular weight is 2030 g/mol. The number of ether oxygens (including phenoxy) is 2. The number of aromatic nitrogens is 19. The zero-order valence-corrected chi connectivity index (χ0v) is 81.3. The molecule has 38 heteroatoms. The standard InChI is InChI=1S/C27H28N6O3.C25H23Br2N7O.C25H23ClFN7O.C25H24FN7O/c1-35-22-10-8-20(9-11-22)26-29-27(21-6-4-3-5-7-21)33(30-26)19-25(34)32-16-14-31(15-17-32)24-18-23(36-2)12-13-28-24;2*1-17-13-19(7-8-21(17)27)23-30-24(18-5-3-2-4-6-18)34(31-23)16-22(35)32-9-11-33(12-10-32)25-28-14-20(26)15-29-25;1-18-16-20(9-10-21(18)26)24-28-25(19-6-3-2-4-7-19)33(30-24)17-23(34)32-14-12-31(13-15-32)22-8-5-11-27-29-22/h3-13,18H,14-17,19H2,1-2H3;2*2-8,13-15H,9-12,16H2,1H3;2-11,16H,12-15,17H2,1H3. The fourth-order valence-electron chi connectivity index (χ4n) is 16.3. The molecule has 8 aromatic heterocycles. The van der Waals surface area contributed by atoms with Crippen molar-refractivity contribution in [2.75, 3.05) is 139 Å². The Bertz CT molecular complexity index is 6720. The van der Waals surface area contributed by atoms with Crippen molar-refractivity contribution in [3.05, 3.63) is 304 Å². The van der Waals surface area contributed by atoms with E-state index < -0.39 is 0 Å². The number of pyridine rings is 1. The number of carbonyl (C=O) groups excluding carboxylic acids is 4. The van der Waals surface area contributed by atoms with Gasteiger partial charge in [-0.1, -0.05) is 149 Å². The summed E-state index contributed by atoms with van der Waals surface area (Å²) in [6, 6.07) is 69.6. The van der Waals surface area contributed by atoms with Crippen molar-refractivity contribution < 1.29 is 37.4 Å². The van der Waals surface area contributed by atoms with Gasteiger partial charge in [0.2, 0.25) is 35.5 Å². The van der Waals surface area contributed by atoms with Crippen molar-refractivity contribution in [1.82, 2.24) is 114 Å². The monoisotopic (exact) mass is 2030 g/mol. The summed E-state index contributed by atoms with van der Waals surface area (Å²) in [5, 5.41) is 27.3. The van der Waals surface area contributed by atoms with Crippen LogP contribution in [0.5, 0.6) is 11.5 Å². The highest BCUT2D eigenvalue weighted by molar-refractivity contribution is 9.10. The minimum Gasteiger partial charge on any atom is -0.497 e. The molecule has 4 aliphatic heterocycles. The fraction of sp³-hybridized carbons (Fsp3) is 0.245. The lowest BCUT2D eigenvalue weighted by Crippen LogP contribution is -2.50. The smallest absolute Gasteiger partial charge is 0.244 e. The number of amides is 4. The molecule has 16 aromatic rings. The van der Waals surface area contributed by atoms with E-state index in [0.29, 0.717) is 190 Å². The molecule has 4 fully saturated rings. The van der Waals surface area contributed by atoms with Crippen LogP contribution in [0.15, 0.2) is 271 Å².